The van der Waals surface area contributed by atoms with Crippen LogP contribution in [-0.4, -0.2) is 12.8 Å². The van der Waals surface area contributed by atoms with Gasteiger partial charge in [-0.25, -0.2) is 0 Å². The zero-order valence-electron chi connectivity index (χ0n) is 8.33. The molecule has 0 bridgehead atoms. The first kappa shape index (κ1) is 9.52. The number of nitrogens with two attached hydrogens (primary N) is 1. The predicted octanol–water partition coefficient (Wildman–Crippen LogP) is 1.77. The fourth-order valence-electron chi connectivity index (χ4n) is 1.53. The van der Waals surface area contributed by atoms with Crippen LogP contribution in [0.2, 0.25) is 0 Å². The summed E-state index contributed by atoms with van der Waals surface area (Å²) in [6.45, 7) is 0.871. The summed E-state index contributed by atoms with van der Waals surface area (Å²) in [5.74, 6) is 0. The Hall–Kier alpha value is -2.03. The number of dihydropyridines is 1. The largest absolute Gasteiger partial charge is 0.398 e. The molecule has 0 aliphatic carbocycles. The predicted molar refractivity (Wildman–Crippen MR) is 63.9 cm³/mol. The SMILES string of the molecule is N=Cc1cc(C2=CNCC=C2)ccc1N. The van der Waals surface area contributed by atoms with Gasteiger partial charge in [0, 0.05) is 30.2 Å². The summed E-state index contributed by atoms with van der Waals surface area (Å²) in [6.07, 6.45) is 7.38. The van der Waals surface area contributed by atoms with Crippen LogP contribution in [0.25, 0.3) is 5.57 Å². The van der Waals surface area contributed by atoms with Gasteiger partial charge in [0.25, 0.3) is 0 Å². The van der Waals surface area contributed by atoms with Gasteiger partial charge in [0.05, 0.1) is 0 Å². The highest BCUT2D eigenvalue weighted by Gasteiger charge is 2.03. The third kappa shape index (κ3) is 1.91. The molecule has 76 valence electrons. The number of hydrogen-bond acceptors (Lipinski definition) is 3. The zero-order valence-corrected chi connectivity index (χ0v) is 8.33. The van der Waals surface area contributed by atoms with Crippen molar-refractivity contribution in [2.45, 2.75) is 0 Å². The number of allylic oxidation sites excluding steroid dienone is 2. The van der Waals surface area contributed by atoms with Gasteiger partial charge in [-0.2, -0.15) is 0 Å². The molecule has 1 aliphatic heterocycles. The molecule has 2 rings (SSSR count). The van der Waals surface area contributed by atoms with Gasteiger partial charge in [-0.15, -0.1) is 0 Å². The van der Waals surface area contributed by atoms with Gasteiger partial charge < -0.3 is 16.5 Å². The summed E-state index contributed by atoms with van der Waals surface area (Å²) < 4.78 is 0. The van der Waals surface area contributed by atoms with Crippen LogP contribution in [0.4, 0.5) is 5.69 Å². The van der Waals surface area contributed by atoms with Crippen molar-refractivity contribution in [1.82, 2.24) is 5.32 Å². The van der Waals surface area contributed by atoms with Crippen molar-refractivity contribution in [2.24, 2.45) is 0 Å². The van der Waals surface area contributed by atoms with Gasteiger partial charge in [-0.05, 0) is 23.3 Å². The van der Waals surface area contributed by atoms with Crippen LogP contribution in [0.15, 0.2) is 36.6 Å². The minimum atomic E-state index is 0.641. The van der Waals surface area contributed by atoms with Crippen LogP contribution in [-0.2, 0) is 0 Å². The molecule has 1 aromatic carbocycles. The number of benzene rings is 1. The lowest BCUT2D eigenvalue weighted by atomic mass is 10.0. The van der Waals surface area contributed by atoms with Gasteiger partial charge in [-0.3, -0.25) is 0 Å². The normalized spacial score (nSPS) is 14.3. The first-order valence-corrected chi connectivity index (χ1v) is 4.82. The minimum Gasteiger partial charge on any atom is -0.398 e. The Bertz CT molecular complexity index is 444. The van der Waals surface area contributed by atoms with Gasteiger partial charge in [-0.1, -0.05) is 18.2 Å². The van der Waals surface area contributed by atoms with Crippen molar-refractivity contribution in [2.75, 3.05) is 12.3 Å². The van der Waals surface area contributed by atoms with Crippen LogP contribution >= 0.6 is 0 Å². The third-order valence-corrected chi connectivity index (χ3v) is 2.37. The molecule has 0 spiro atoms. The maximum atomic E-state index is 7.24. The number of rotatable bonds is 2. The first-order chi connectivity index (χ1) is 7.31. The van der Waals surface area contributed by atoms with E-state index in [0.717, 1.165) is 23.2 Å². The van der Waals surface area contributed by atoms with Crippen molar-refractivity contribution >= 4 is 17.5 Å². The smallest absolute Gasteiger partial charge is 0.0403 e. The number of nitrogens with one attached hydrogen (secondary N) is 2. The van der Waals surface area contributed by atoms with Crippen LogP contribution in [0.5, 0.6) is 0 Å². The Balaban J connectivity index is 2.41. The molecule has 1 heterocycles. The topological polar surface area (TPSA) is 61.9 Å². The monoisotopic (exact) mass is 199 g/mol. The Labute approximate surface area is 88.8 Å². The third-order valence-electron chi connectivity index (χ3n) is 2.37. The highest BCUT2D eigenvalue weighted by molar-refractivity contribution is 5.88. The molecule has 3 nitrogen and oxygen atoms in total. The summed E-state index contributed by atoms with van der Waals surface area (Å²) in [6, 6.07) is 5.72. The lowest BCUT2D eigenvalue weighted by Crippen LogP contribution is -2.08. The summed E-state index contributed by atoms with van der Waals surface area (Å²) >= 11 is 0. The maximum absolute atomic E-state index is 7.24. The van der Waals surface area contributed by atoms with E-state index in [4.69, 9.17) is 11.1 Å². The molecule has 0 radical (unpaired) electrons. The molecule has 1 aromatic rings. The molecule has 1 aliphatic rings. The van der Waals surface area contributed by atoms with E-state index in [2.05, 4.69) is 17.5 Å². The van der Waals surface area contributed by atoms with E-state index in [1.54, 1.807) is 0 Å². The van der Waals surface area contributed by atoms with E-state index in [1.807, 2.05) is 24.4 Å². The number of anilines is 1. The van der Waals surface area contributed by atoms with Gasteiger partial charge in [0.1, 0.15) is 0 Å². The first-order valence-electron chi connectivity index (χ1n) is 4.82. The molecule has 0 saturated carbocycles. The standard InChI is InChI=1S/C12H13N3/c13-7-11-6-9(3-4-12(11)14)10-2-1-5-15-8-10/h1-4,6-8,13,15H,5,14H2. The average Bonchev–Trinajstić information content (AvgIpc) is 2.31. The van der Waals surface area contributed by atoms with E-state index >= 15 is 0 Å². The molecular weight excluding hydrogens is 186 g/mol. The molecule has 0 amide bonds. The molecule has 4 N–H and O–H groups in total. The van der Waals surface area contributed by atoms with Crippen molar-refractivity contribution < 1.29 is 0 Å². The number of hydrogen-bond donors (Lipinski definition) is 3. The quantitative estimate of drug-likeness (QED) is 0.502. The highest BCUT2D eigenvalue weighted by Crippen LogP contribution is 2.20. The molecule has 0 saturated heterocycles. The average molecular weight is 199 g/mol. The fraction of sp³-hybridized carbons (Fsp3) is 0.0833. The van der Waals surface area contributed by atoms with E-state index < -0.39 is 0 Å². The molecule has 15 heavy (non-hydrogen) atoms. The Kier molecular flexibility index (Phi) is 2.54. The minimum absolute atomic E-state index is 0.641. The van der Waals surface area contributed by atoms with E-state index in [-0.39, 0.29) is 0 Å². The van der Waals surface area contributed by atoms with Crippen LogP contribution in [0.1, 0.15) is 11.1 Å². The Morgan fingerprint density at radius 1 is 1.40 bits per heavy atom. The second-order valence-corrected chi connectivity index (χ2v) is 3.40. The molecule has 3 heteroatoms. The van der Waals surface area contributed by atoms with Crippen LogP contribution in [0.3, 0.4) is 0 Å². The lowest BCUT2D eigenvalue weighted by molar-refractivity contribution is 0.976. The number of nitrogen functional groups attached to an aromatic ring is 1. The van der Waals surface area contributed by atoms with E-state index in [0.29, 0.717) is 5.69 Å². The van der Waals surface area contributed by atoms with Crippen molar-refractivity contribution in [3.63, 3.8) is 0 Å². The Morgan fingerprint density at radius 2 is 2.27 bits per heavy atom. The zero-order chi connectivity index (χ0) is 10.7. The maximum Gasteiger partial charge on any atom is 0.0403 e. The lowest BCUT2D eigenvalue weighted by Gasteiger charge is -2.10. The van der Waals surface area contributed by atoms with E-state index in [1.165, 1.54) is 6.21 Å². The molecule has 0 aromatic heterocycles. The van der Waals surface area contributed by atoms with Gasteiger partial charge in [0.15, 0.2) is 0 Å². The highest BCUT2D eigenvalue weighted by atomic mass is 14.8. The summed E-state index contributed by atoms with van der Waals surface area (Å²) in [7, 11) is 0. The summed E-state index contributed by atoms with van der Waals surface area (Å²) in [5, 5.41) is 10.4. The van der Waals surface area contributed by atoms with Crippen molar-refractivity contribution in [3.8, 4) is 0 Å². The summed E-state index contributed by atoms with van der Waals surface area (Å²) in [4.78, 5) is 0. The second-order valence-electron chi connectivity index (χ2n) is 3.40. The second kappa shape index (κ2) is 4.00. The molecule has 0 unspecified atom stereocenters. The molecule has 0 fully saturated rings. The van der Waals surface area contributed by atoms with E-state index in [9.17, 15) is 0 Å². The van der Waals surface area contributed by atoms with Crippen molar-refractivity contribution in [3.05, 3.63) is 47.7 Å². The van der Waals surface area contributed by atoms with Crippen LogP contribution in [0, 0.1) is 5.41 Å². The van der Waals surface area contributed by atoms with Gasteiger partial charge in [0.2, 0.25) is 0 Å². The van der Waals surface area contributed by atoms with Crippen LogP contribution < -0.4 is 11.1 Å². The molecule has 0 atom stereocenters. The Morgan fingerprint density at radius 3 is 2.93 bits per heavy atom. The molecular formula is C12H13N3. The van der Waals surface area contributed by atoms with Gasteiger partial charge >= 0.3 is 0 Å². The fourth-order valence-corrected chi connectivity index (χ4v) is 1.53. The summed E-state index contributed by atoms with van der Waals surface area (Å²) in [5.41, 5.74) is 9.31. The van der Waals surface area contributed by atoms with Crippen molar-refractivity contribution in [1.29, 1.82) is 5.41 Å².